The third-order valence-electron chi connectivity index (χ3n) is 4.51. The normalized spacial score (nSPS) is 26.0. The van der Waals surface area contributed by atoms with Crippen LogP contribution < -0.4 is 10.1 Å². The zero-order chi connectivity index (χ0) is 14.8. The number of fused-ring (bicyclic) bond motifs is 1. The zero-order valence-electron chi connectivity index (χ0n) is 12.6. The highest BCUT2D eigenvalue weighted by molar-refractivity contribution is 5.52. The monoisotopic (exact) mass is 287 g/mol. The van der Waals surface area contributed by atoms with Gasteiger partial charge in [0.2, 0.25) is 0 Å². The minimum atomic E-state index is 0.0392. The molecule has 2 aliphatic rings. The molecular formula is C16H21N3O2. The summed E-state index contributed by atoms with van der Waals surface area (Å²) >= 11 is 0. The number of methoxy groups -OCH3 is 1. The minimum absolute atomic E-state index is 0.0392. The lowest BCUT2D eigenvalue weighted by Gasteiger charge is -2.43. The summed E-state index contributed by atoms with van der Waals surface area (Å²) < 4.78 is 11.3. The van der Waals surface area contributed by atoms with Gasteiger partial charge in [0.05, 0.1) is 25.4 Å². The van der Waals surface area contributed by atoms with Gasteiger partial charge in [0.1, 0.15) is 11.8 Å². The van der Waals surface area contributed by atoms with E-state index in [2.05, 4.69) is 16.3 Å². The number of nitrogens with zero attached hydrogens (tertiary/aromatic N) is 2. The first-order valence-corrected chi connectivity index (χ1v) is 7.38. The molecule has 2 heterocycles. The van der Waals surface area contributed by atoms with Gasteiger partial charge < -0.3 is 14.8 Å². The number of nitriles is 1. The number of morpholine rings is 1. The van der Waals surface area contributed by atoms with Crippen LogP contribution >= 0.6 is 0 Å². The average molecular weight is 287 g/mol. The van der Waals surface area contributed by atoms with Crippen LogP contribution in [0.1, 0.15) is 22.8 Å². The molecule has 5 nitrogen and oxygen atoms in total. The molecule has 1 N–H and O–H groups in total. The van der Waals surface area contributed by atoms with Gasteiger partial charge in [-0.15, -0.1) is 0 Å². The van der Waals surface area contributed by atoms with E-state index in [0.29, 0.717) is 17.4 Å². The molecule has 3 rings (SSSR count). The fourth-order valence-electron chi connectivity index (χ4n) is 3.25. The summed E-state index contributed by atoms with van der Waals surface area (Å²) in [6, 6.07) is 6.62. The Labute approximate surface area is 125 Å². The standard InChI is InChI=1S/C16H21N3O2/c1-11-13(3-4-15(20-2)14(11)7-17)16-9-19-6-5-18-8-12(19)10-21-16/h3-4,12,16,18H,5-6,8-10H2,1-2H3/t12-,16-/m0/s1. The van der Waals surface area contributed by atoms with Gasteiger partial charge in [-0.3, -0.25) is 4.90 Å². The maximum atomic E-state index is 9.35. The van der Waals surface area contributed by atoms with Crippen LogP contribution in [0, 0.1) is 18.3 Å². The number of benzene rings is 1. The highest BCUT2D eigenvalue weighted by atomic mass is 16.5. The lowest BCUT2D eigenvalue weighted by atomic mass is 9.96. The summed E-state index contributed by atoms with van der Waals surface area (Å²) in [5.74, 6) is 0.634. The molecule has 0 amide bonds. The van der Waals surface area contributed by atoms with Gasteiger partial charge in [-0.05, 0) is 24.1 Å². The number of rotatable bonds is 2. The Hall–Kier alpha value is -1.61. The van der Waals surface area contributed by atoms with E-state index in [-0.39, 0.29) is 6.10 Å². The average Bonchev–Trinajstić information content (AvgIpc) is 2.54. The van der Waals surface area contributed by atoms with Crippen molar-refractivity contribution < 1.29 is 9.47 Å². The molecule has 0 bridgehead atoms. The molecule has 0 saturated carbocycles. The summed E-state index contributed by atoms with van der Waals surface area (Å²) in [6.45, 7) is 6.70. The second-order valence-corrected chi connectivity index (χ2v) is 5.64. The Bertz CT molecular complexity index is 567. The van der Waals surface area contributed by atoms with E-state index in [1.54, 1.807) is 7.11 Å². The SMILES string of the molecule is COc1ccc([C@@H]2CN3CCNC[C@H]3CO2)c(C)c1C#N. The van der Waals surface area contributed by atoms with Crippen molar-refractivity contribution in [1.82, 2.24) is 10.2 Å². The Balaban J connectivity index is 1.86. The van der Waals surface area contributed by atoms with Gasteiger partial charge in [0.25, 0.3) is 0 Å². The smallest absolute Gasteiger partial charge is 0.136 e. The van der Waals surface area contributed by atoms with Crippen LogP contribution in [0.15, 0.2) is 12.1 Å². The first-order valence-electron chi connectivity index (χ1n) is 7.38. The third kappa shape index (κ3) is 2.62. The van der Waals surface area contributed by atoms with Gasteiger partial charge in [0.15, 0.2) is 0 Å². The van der Waals surface area contributed by atoms with Crippen LogP contribution in [0.5, 0.6) is 5.75 Å². The van der Waals surface area contributed by atoms with E-state index in [0.717, 1.165) is 43.9 Å². The number of nitrogens with one attached hydrogen (secondary N) is 1. The van der Waals surface area contributed by atoms with Crippen molar-refractivity contribution in [1.29, 1.82) is 5.26 Å². The molecule has 0 unspecified atom stereocenters. The lowest BCUT2D eigenvalue weighted by molar-refractivity contribution is -0.0720. The van der Waals surface area contributed by atoms with Crippen molar-refractivity contribution in [2.45, 2.75) is 19.1 Å². The van der Waals surface area contributed by atoms with Gasteiger partial charge in [-0.25, -0.2) is 0 Å². The molecular weight excluding hydrogens is 266 g/mol. The van der Waals surface area contributed by atoms with Gasteiger partial charge in [-0.2, -0.15) is 5.26 Å². The van der Waals surface area contributed by atoms with E-state index >= 15 is 0 Å². The predicted octanol–water partition coefficient (Wildman–Crippen LogP) is 1.22. The maximum absolute atomic E-state index is 9.35. The summed E-state index contributed by atoms with van der Waals surface area (Å²) in [6.07, 6.45) is 0.0392. The minimum Gasteiger partial charge on any atom is -0.495 e. The maximum Gasteiger partial charge on any atom is 0.136 e. The number of ether oxygens (including phenoxy) is 2. The first kappa shape index (κ1) is 14.3. The van der Waals surface area contributed by atoms with Crippen LogP contribution in [0.3, 0.4) is 0 Å². The molecule has 2 aliphatic heterocycles. The summed E-state index contributed by atoms with van der Waals surface area (Å²) in [4.78, 5) is 2.49. The van der Waals surface area contributed by atoms with E-state index in [4.69, 9.17) is 9.47 Å². The van der Waals surface area contributed by atoms with Crippen molar-refractivity contribution in [2.75, 3.05) is 39.9 Å². The van der Waals surface area contributed by atoms with E-state index in [1.165, 1.54) is 0 Å². The number of hydrogen-bond donors (Lipinski definition) is 1. The van der Waals surface area contributed by atoms with Gasteiger partial charge >= 0.3 is 0 Å². The molecule has 0 aliphatic carbocycles. The largest absolute Gasteiger partial charge is 0.495 e. The molecule has 2 fully saturated rings. The fraction of sp³-hybridized carbons (Fsp3) is 0.562. The summed E-state index contributed by atoms with van der Waals surface area (Å²) in [5, 5.41) is 12.8. The van der Waals surface area contributed by atoms with Crippen molar-refractivity contribution in [3.05, 3.63) is 28.8 Å². The highest BCUT2D eigenvalue weighted by Gasteiger charge is 2.32. The number of hydrogen-bond acceptors (Lipinski definition) is 5. The molecule has 2 atom stereocenters. The molecule has 21 heavy (non-hydrogen) atoms. The molecule has 0 aromatic heterocycles. The second kappa shape index (κ2) is 6.02. The molecule has 2 saturated heterocycles. The Morgan fingerprint density at radius 1 is 1.48 bits per heavy atom. The summed E-state index contributed by atoms with van der Waals surface area (Å²) in [5.41, 5.74) is 2.68. The molecule has 1 aromatic rings. The highest BCUT2D eigenvalue weighted by Crippen LogP contribution is 2.32. The van der Waals surface area contributed by atoms with E-state index < -0.39 is 0 Å². The van der Waals surface area contributed by atoms with Crippen molar-refractivity contribution in [3.8, 4) is 11.8 Å². The van der Waals surface area contributed by atoms with E-state index in [9.17, 15) is 5.26 Å². The van der Waals surface area contributed by atoms with Crippen LogP contribution in [-0.2, 0) is 4.74 Å². The Morgan fingerprint density at radius 3 is 3.10 bits per heavy atom. The third-order valence-corrected chi connectivity index (χ3v) is 4.51. The topological polar surface area (TPSA) is 57.5 Å². The Morgan fingerprint density at radius 2 is 2.33 bits per heavy atom. The number of piperazine rings is 1. The van der Waals surface area contributed by atoms with Crippen molar-refractivity contribution in [3.63, 3.8) is 0 Å². The Kier molecular flexibility index (Phi) is 4.11. The molecule has 1 aromatic carbocycles. The van der Waals surface area contributed by atoms with Gasteiger partial charge in [0, 0.05) is 32.2 Å². The second-order valence-electron chi connectivity index (χ2n) is 5.64. The fourth-order valence-corrected chi connectivity index (χ4v) is 3.25. The van der Waals surface area contributed by atoms with Crippen LogP contribution in [-0.4, -0.2) is 50.8 Å². The quantitative estimate of drug-likeness (QED) is 0.886. The van der Waals surface area contributed by atoms with E-state index in [1.807, 2.05) is 19.1 Å². The molecule has 112 valence electrons. The molecule has 0 spiro atoms. The van der Waals surface area contributed by atoms with Crippen LogP contribution in [0.4, 0.5) is 0 Å². The molecule has 5 heteroatoms. The van der Waals surface area contributed by atoms with Gasteiger partial charge in [-0.1, -0.05) is 6.07 Å². The summed E-state index contributed by atoms with van der Waals surface area (Å²) in [7, 11) is 1.59. The van der Waals surface area contributed by atoms with Crippen LogP contribution in [0.2, 0.25) is 0 Å². The lowest BCUT2D eigenvalue weighted by Crippen LogP contribution is -2.57. The molecule has 0 radical (unpaired) electrons. The van der Waals surface area contributed by atoms with Crippen LogP contribution in [0.25, 0.3) is 0 Å². The zero-order valence-corrected chi connectivity index (χ0v) is 12.6. The predicted molar refractivity (Wildman–Crippen MR) is 79.4 cm³/mol. The van der Waals surface area contributed by atoms with Crippen molar-refractivity contribution in [2.24, 2.45) is 0 Å². The van der Waals surface area contributed by atoms with Crippen molar-refractivity contribution >= 4 is 0 Å². The first-order chi connectivity index (χ1) is 10.2.